The van der Waals surface area contributed by atoms with Gasteiger partial charge in [-0.2, -0.15) is 0 Å². The Balaban J connectivity index is 1.85. The highest BCUT2D eigenvalue weighted by Crippen LogP contribution is 2.63. The molecular weight excluding hydrogens is 672 g/mol. The number of allylic oxidation sites excluding steroid dienone is 1. The van der Waals surface area contributed by atoms with Crippen LogP contribution in [-0.2, 0) is 9.57 Å². The molecule has 2 aromatic rings. The van der Waals surface area contributed by atoms with Gasteiger partial charge in [-0.1, -0.05) is 48.0 Å². The van der Waals surface area contributed by atoms with E-state index >= 15 is 0 Å². The fourth-order valence-corrected chi connectivity index (χ4v) is 7.87. The molecule has 0 bridgehead atoms. The topological polar surface area (TPSA) is 195 Å². The fraction of sp³-hybridized carbons (Fsp3) is 0.553. The molecule has 0 spiro atoms. The Hall–Kier alpha value is -4.53. The number of benzene rings is 1. The minimum Gasteiger partial charge on any atom is -0.490 e. The number of aliphatic hydroxyl groups excluding tert-OH is 2. The van der Waals surface area contributed by atoms with E-state index in [1.165, 1.54) is 0 Å². The third-order valence-electron chi connectivity index (χ3n) is 9.84. The smallest absolute Gasteiger partial charge is 0.359 e. The van der Waals surface area contributed by atoms with E-state index in [0.29, 0.717) is 30.1 Å². The second-order valence-corrected chi connectivity index (χ2v) is 14.4. The van der Waals surface area contributed by atoms with Crippen LogP contribution in [0, 0.1) is 17.8 Å². The molecule has 5 rings (SSSR count). The third kappa shape index (κ3) is 7.79. The van der Waals surface area contributed by atoms with Crippen LogP contribution in [0.2, 0.25) is 0 Å². The van der Waals surface area contributed by atoms with E-state index in [-0.39, 0.29) is 50.6 Å². The molecule has 6 atom stereocenters. The van der Waals surface area contributed by atoms with Crippen LogP contribution in [0.3, 0.4) is 0 Å². The molecule has 14 nitrogen and oxygen atoms in total. The van der Waals surface area contributed by atoms with Gasteiger partial charge in [0.2, 0.25) is 11.5 Å². The molecule has 14 heteroatoms. The Morgan fingerprint density at radius 3 is 2.40 bits per heavy atom. The maximum atomic E-state index is 12.8. The van der Waals surface area contributed by atoms with Gasteiger partial charge < -0.3 is 39.5 Å². The Labute approximate surface area is 303 Å². The first-order valence-electron chi connectivity index (χ1n) is 17.8. The van der Waals surface area contributed by atoms with Crippen molar-refractivity contribution in [3.63, 3.8) is 0 Å². The number of hydrogen-bond donors (Lipinski definition) is 4. The van der Waals surface area contributed by atoms with E-state index in [9.17, 15) is 30.0 Å². The number of nitrogens with zero attached hydrogens (tertiary/aromatic N) is 4. The first-order valence-corrected chi connectivity index (χ1v) is 17.8. The minimum atomic E-state index is -1.65. The van der Waals surface area contributed by atoms with Crippen LogP contribution in [0.1, 0.15) is 104 Å². The van der Waals surface area contributed by atoms with Crippen LogP contribution < -0.4 is 9.47 Å². The number of fused-ring (bicyclic) bond motifs is 2. The molecule has 282 valence electrons. The summed E-state index contributed by atoms with van der Waals surface area (Å²) in [5.41, 5.74) is 0.156. The second-order valence-electron chi connectivity index (χ2n) is 14.4. The average Bonchev–Trinajstić information content (AvgIpc) is 3.56. The van der Waals surface area contributed by atoms with E-state index in [1.54, 1.807) is 24.3 Å². The predicted octanol–water partition coefficient (Wildman–Crippen LogP) is 5.54. The molecule has 1 fully saturated rings. The number of carboxylic acids is 2. The monoisotopic (exact) mass is 722 g/mol. The number of hydrogen-bond acceptors (Lipinski definition) is 11. The van der Waals surface area contributed by atoms with Crippen molar-refractivity contribution in [3.8, 4) is 11.5 Å². The molecule has 0 saturated heterocycles. The summed E-state index contributed by atoms with van der Waals surface area (Å²) in [6, 6.07) is 4.46. The van der Waals surface area contributed by atoms with Crippen molar-refractivity contribution in [1.82, 2.24) is 15.0 Å². The van der Waals surface area contributed by atoms with Crippen LogP contribution in [0.15, 0.2) is 60.3 Å². The highest BCUT2D eigenvalue weighted by molar-refractivity contribution is 6.03. The number of ether oxygens (including phenoxy) is 3. The van der Waals surface area contributed by atoms with Gasteiger partial charge in [0.25, 0.3) is 0 Å². The van der Waals surface area contributed by atoms with Gasteiger partial charge in [0, 0.05) is 31.1 Å². The van der Waals surface area contributed by atoms with Gasteiger partial charge in [0.05, 0.1) is 18.2 Å². The van der Waals surface area contributed by atoms with Crippen LogP contribution in [0.25, 0.3) is 0 Å². The lowest BCUT2D eigenvalue weighted by molar-refractivity contribution is -0.252. The zero-order chi connectivity index (χ0) is 37.6. The van der Waals surface area contributed by atoms with Crippen LogP contribution >= 0.6 is 0 Å². The fourth-order valence-electron chi connectivity index (χ4n) is 7.87. The normalized spacial score (nSPS) is 25.7. The highest BCUT2D eigenvalue weighted by atomic mass is 16.7. The lowest BCUT2D eigenvalue weighted by Crippen LogP contribution is -2.63. The quantitative estimate of drug-likeness (QED) is 0.0853. The maximum Gasteiger partial charge on any atom is 0.359 e. The number of aromatic nitrogens is 3. The molecule has 6 unspecified atom stereocenters. The molecule has 1 aromatic carbocycles. The summed E-state index contributed by atoms with van der Waals surface area (Å²) in [6.45, 7) is 13.7. The van der Waals surface area contributed by atoms with E-state index in [2.05, 4.69) is 29.5 Å². The van der Waals surface area contributed by atoms with Gasteiger partial charge in [-0.25, -0.2) is 14.3 Å². The number of aliphatic hydroxyl groups is 2. The molecule has 1 saturated carbocycles. The third-order valence-corrected chi connectivity index (χ3v) is 9.84. The van der Waals surface area contributed by atoms with Gasteiger partial charge in [-0.3, -0.25) is 0 Å². The van der Waals surface area contributed by atoms with E-state index in [0.717, 1.165) is 41.5 Å². The van der Waals surface area contributed by atoms with Crippen molar-refractivity contribution in [2.45, 2.75) is 89.1 Å². The zero-order valence-corrected chi connectivity index (χ0v) is 30.1. The van der Waals surface area contributed by atoms with Crippen molar-refractivity contribution in [3.05, 3.63) is 72.1 Å². The lowest BCUT2D eigenvalue weighted by Gasteiger charge is -2.58. The number of unbranched alkanes of at least 4 members (excludes halogenated alkanes) is 2. The maximum absolute atomic E-state index is 12.8. The number of rotatable bonds is 18. The Morgan fingerprint density at radius 1 is 1.06 bits per heavy atom. The summed E-state index contributed by atoms with van der Waals surface area (Å²) >= 11 is 0. The molecule has 1 aliphatic heterocycles. The van der Waals surface area contributed by atoms with E-state index in [4.69, 9.17) is 24.2 Å². The summed E-state index contributed by atoms with van der Waals surface area (Å²) in [7, 11) is 0. The summed E-state index contributed by atoms with van der Waals surface area (Å²) in [5, 5.41) is 52.4. The standard InChI is InChI=1S/C38H50N4O10/c1-6-18-49-24-14-15-29-27(21-24)31-25(13-9-11-17-44)23(12-8-10-16-43)20-26-28(40-52-37(3,4)5)22-30(38(51-29,32(26)31)50-19-7-2)42-34(36(47)48)33(35(45)46)39-41-42/h6-7,14-15,20-21,23,25,30-32,43-44H,1-2,8-13,16-19,22H2,3-5H3,(H,45,46)(H,47,48). The van der Waals surface area contributed by atoms with E-state index in [1.807, 2.05) is 26.8 Å². The summed E-state index contributed by atoms with van der Waals surface area (Å²) in [5.74, 6) is -4.60. The zero-order valence-electron chi connectivity index (χ0n) is 30.1. The van der Waals surface area contributed by atoms with Crippen molar-refractivity contribution in [2.75, 3.05) is 26.4 Å². The van der Waals surface area contributed by atoms with Crippen LogP contribution in [-0.4, -0.2) is 90.9 Å². The molecule has 1 aromatic heterocycles. The van der Waals surface area contributed by atoms with Gasteiger partial charge >= 0.3 is 11.9 Å². The summed E-state index contributed by atoms with van der Waals surface area (Å²) in [4.78, 5) is 31.0. The van der Waals surface area contributed by atoms with Gasteiger partial charge in [-0.15, -0.1) is 11.7 Å². The van der Waals surface area contributed by atoms with Crippen LogP contribution in [0.5, 0.6) is 11.5 Å². The molecule has 4 N–H and O–H groups in total. The molecule has 3 aliphatic rings. The van der Waals surface area contributed by atoms with Gasteiger partial charge in [0.1, 0.15) is 29.7 Å². The van der Waals surface area contributed by atoms with Crippen molar-refractivity contribution in [2.24, 2.45) is 22.9 Å². The van der Waals surface area contributed by atoms with Gasteiger partial charge in [0.15, 0.2) is 5.69 Å². The molecular formula is C38H50N4O10. The molecule has 2 aliphatic carbocycles. The number of aromatic carboxylic acids is 2. The first kappa shape index (κ1) is 38.7. The second kappa shape index (κ2) is 16.4. The lowest BCUT2D eigenvalue weighted by atomic mass is 9.55. The average molecular weight is 723 g/mol. The molecule has 52 heavy (non-hydrogen) atoms. The van der Waals surface area contributed by atoms with Crippen LogP contribution in [0.4, 0.5) is 0 Å². The van der Waals surface area contributed by atoms with Crippen molar-refractivity contribution in [1.29, 1.82) is 0 Å². The highest BCUT2D eigenvalue weighted by Gasteiger charge is 2.65. The number of oxime groups is 1. The number of carbonyl (C=O) groups is 2. The predicted molar refractivity (Wildman–Crippen MR) is 191 cm³/mol. The Bertz CT molecular complexity index is 1690. The summed E-state index contributed by atoms with van der Waals surface area (Å²) < 4.78 is 20.9. The Morgan fingerprint density at radius 2 is 1.77 bits per heavy atom. The Kier molecular flexibility index (Phi) is 12.2. The molecule has 2 heterocycles. The van der Waals surface area contributed by atoms with Gasteiger partial charge in [-0.05, 0) is 82.1 Å². The van der Waals surface area contributed by atoms with E-state index < -0.39 is 46.7 Å². The molecule has 0 radical (unpaired) electrons. The summed E-state index contributed by atoms with van der Waals surface area (Å²) in [6.07, 6.45) is 9.67. The largest absolute Gasteiger partial charge is 0.490 e. The van der Waals surface area contributed by atoms with Crippen molar-refractivity contribution < 1.29 is 49.1 Å². The molecule has 0 amide bonds. The first-order chi connectivity index (χ1) is 24.9. The number of carboxylic acid groups (broad SMARTS) is 2. The minimum absolute atomic E-state index is 0.000618. The van der Waals surface area contributed by atoms with Crippen molar-refractivity contribution >= 4 is 17.7 Å². The SMILES string of the molecule is C=CCOc1ccc2c(c1)C1C(CCCCO)C(CCCCO)C=C3C(=NOC(C)(C)C)CC(n4nnc(C(=O)O)c4C(=O)O)C(OCC=C)(O2)C31.